The van der Waals surface area contributed by atoms with Crippen LogP contribution in [0.4, 0.5) is 0 Å². The van der Waals surface area contributed by atoms with Crippen molar-refractivity contribution in [1.29, 1.82) is 0 Å². The molecule has 6 heteroatoms. The van der Waals surface area contributed by atoms with Crippen LogP contribution in [0, 0.1) is 5.92 Å². The molecule has 0 radical (unpaired) electrons. The first-order valence-electron chi connectivity index (χ1n) is 11.4. The molecule has 0 spiro atoms. The predicted octanol–water partition coefficient (Wildman–Crippen LogP) is 6.15. The number of amides is 1. The average Bonchev–Trinajstić information content (AvgIpc) is 3.49. The molecule has 166 valence electrons. The van der Waals surface area contributed by atoms with Crippen molar-refractivity contribution < 1.29 is 4.79 Å². The number of nitrogens with one attached hydrogen (secondary N) is 1. The number of hydrogen-bond acceptors (Lipinski definition) is 4. The smallest absolute Gasteiger partial charge is 0.272 e. The van der Waals surface area contributed by atoms with Gasteiger partial charge in [0.05, 0.1) is 11.9 Å². The molecule has 0 aliphatic heterocycles. The Kier molecular flexibility index (Phi) is 7.32. The molecule has 0 aliphatic carbocycles. The number of nitrogens with zero attached hydrogens (tertiary/aromatic N) is 3. The van der Waals surface area contributed by atoms with Gasteiger partial charge in [0.1, 0.15) is 0 Å². The van der Waals surface area contributed by atoms with E-state index in [1.807, 2.05) is 35.0 Å². The summed E-state index contributed by atoms with van der Waals surface area (Å²) in [7, 11) is 0. The van der Waals surface area contributed by atoms with Crippen molar-refractivity contribution in [3.05, 3.63) is 71.4 Å². The van der Waals surface area contributed by atoms with E-state index in [-0.39, 0.29) is 5.91 Å². The molecule has 0 saturated carbocycles. The van der Waals surface area contributed by atoms with Gasteiger partial charge in [0.25, 0.3) is 5.91 Å². The molecule has 1 atom stereocenters. The largest absolute Gasteiger partial charge is 0.350 e. The molecule has 3 aromatic heterocycles. The first-order chi connectivity index (χ1) is 15.7. The lowest BCUT2D eigenvalue weighted by atomic mass is 9.99. The highest BCUT2D eigenvalue weighted by atomic mass is 32.1. The lowest BCUT2D eigenvalue weighted by Gasteiger charge is -2.14. The lowest BCUT2D eigenvalue weighted by Crippen LogP contribution is -2.29. The van der Waals surface area contributed by atoms with E-state index < -0.39 is 0 Å². The zero-order chi connectivity index (χ0) is 22.3. The topological polar surface area (TPSA) is 59.8 Å². The molecule has 0 saturated heterocycles. The number of fused-ring (bicyclic) bond motifs is 1. The van der Waals surface area contributed by atoms with Gasteiger partial charge in [-0.25, -0.2) is 9.67 Å². The van der Waals surface area contributed by atoms with Crippen LogP contribution in [0.15, 0.2) is 60.1 Å². The van der Waals surface area contributed by atoms with Crippen molar-refractivity contribution >= 4 is 28.3 Å². The number of thiophene rings is 1. The van der Waals surface area contributed by atoms with Crippen molar-refractivity contribution in [3.63, 3.8) is 0 Å². The van der Waals surface area contributed by atoms with Gasteiger partial charge in [0, 0.05) is 23.2 Å². The third-order valence-electron chi connectivity index (χ3n) is 5.90. The van der Waals surface area contributed by atoms with Gasteiger partial charge in [0.15, 0.2) is 11.3 Å². The Labute approximate surface area is 193 Å². The molecule has 4 aromatic rings. The number of rotatable bonds is 10. The summed E-state index contributed by atoms with van der Waals surface area (Å²) in [6, 6.07) is 16.2. The Bertz CT molecular complexity index is 1150. The molecule has 0 aliphatic rings. The van der Waals surface area contributed by atoms with E-state index >= 15 is 0 Å². The maximum absolute atomic E-state index is 13.3. The number of pyridine rings is 1. The summed E-state index contributed by atoms with van der Waals surface area (Å²) in [5.74, 6) is 0.369. The van der Waals surface area contributed by atoms with Crippen molar-refractivity contribution in [1.82, 2.24) is 20.1 Å². The Morgan fingerprint density at radius 1 is 1.12 bits per heavy atom. The molecular formula is C26H30N4OS. The van der Waals surface area contributed by atoms with Gasteiger partial charge in [-0.3, -0.25) is 4.79 Å². The van der Waals surface area contributed by atoms with Crippen molar-refractivity contribution in [3.8, 4) is 10.4 Å². The Morgan fingerprint density at radius 2 is 1.97 bits per heavy atom. The number of carbonyl (C=O) groups is 1. The Hall–Kier alpha value is -2.99. The quantitative estimate of drug-likeness (QED) is 0.318. The molecule has 0 fully saturated rings. The minimum Gasteiger partial charge on any atom is -0.350 e. The van der Waals surface area contributed by atoms with Crippen LogP contribution in [-0.2, 0) is 6.54 Å². The van der Waals surface area contributed by atoms with Gasteiger partial charge in [-0.05, 0) is 35.4 Å². The van der Waals surface area contributed by atoms with Crippen LogP contribution in [-0.4, -0.2) is 27.2 Å². The van der Waals surface area contributed by atoms with Gasteiger partial charge in [0.2, 0.25) is 0 Å². The first kappa shape index (κ1) is 22.2. The Balaban J connectivity index is 1.71. The van der Waals surface area contributed by atoms with Crippen LogP contribution in [0.5, 0.6) is 0 Å². The summed E-state index contributed by atoms with van der Waals surface area (Å²) in [5, 5.41) is 10.8. The molecule has 0 bridgehead atoms. The van der Waals surface area contributed by atoms with E-state index in [1.54, 1.807) is 17.5 Å². The summed E-state index contributed by atoms with van der Waals surface area (Å²) in [4.78, 5) is 19.1. The maximum Gasteiger partial charge on any atom is 0.272 e. The van der Waals surface area contributed by atoms with E-state index in [0.29, 0.717) is 24.7 Å². The van der Waals surface area contributed by atoms with Crippen LogP contribution in [0.3, 0.4) is 0 Å². The predicted molar refractivity (Wildman–Crippen MR) is 132 cm³/mol. The molecule has 3 heterocycles. The number of hydrogen-bond donors (Lipinski definition) is 1. The number of unbranched alkanes of at least 4 members (excludes halogenated alkanes) is 1. The zero-order valence-corrected chi connectivity index (χ0v) is 19.6. The van der Waals surface area contributed by atoms with Crippen LogP contribution in [0.1, 0.15) is 55.6 Å². The van der Waals surface area contributed by atoms with Gasteiger partial charge < -0.3 is 5.32 Å². The second kappa shape index (κ2) is 10.6. The van der Waals surface area contributed by atoms with E-state index in [9.17, 15) is 4.79 Å². The highest BCUT2D eigenvalue weighted by Crippen LogP contribution is 2.33. The van der Waals surface area contributed by atoms with Crippen LogP contribution in [0.2, 0.25) is 0 Å². The number of aromatic nitrogens is 3. The Morgan fingerprint density at radius 3 is 2.69 bits per heavy atom. The molecule has 1 N–H and O–H groups in total. The van der Waals surface area contributed by atoms with Crippen molar-refractivity contribution in [2.45, 2.75) is 46.1 Å². The molecule has 32 heavy (non-hydrogen) atoms. The summed E-state index contributed by atoms with van der Waals surface area (Å²) < 4.78 is 1.85. The fourth-order valence-corrected chi connectivity index (χ4v) is 4.78. The number of benzene rings is 1. The first-order valence-corrected chi connectivity index (χ1v) is 12.3. The normalized spacial score (nSPS) is 12.2. The minimum absolute atomic E-state index is 0.123. The second-order valence-electron chi connectivity index (χ2n) is 8.15. The molecular weight excluding hydrogens is 416 g/mol. The van der Waals surface area contributed by atoms with Gasteiger partial charge >= 0.3 is 0 Å². The molecule has 5 nitrogen and oxygen atoms in total. The van der Waals surface area contributed by atoms with Gasteiger partial charge in [-0.1, -0.05) is 69.5 Å². The zero-order valence-electron chi connectivity index (χ0n) is 18.8. The highest BCUT2D eigenvalue weighted by Gasteiger charge is 2.22. The third kappa shape index (κ3) is 4.91. The molecule has 0 unspecified atom stereocenters. The van der Waals surface area contributed by atoms with Crippen molar-refractivity contribution in [2.75, 3.05) is 6.54 Å². The molecule has 1 aromatic carbocycles. The SMILES string of the molecule is CCCC[C@@H](CC)CNC(=O)c1nn(Cc2ccccc2)c2nccc(-c3cccs3)c12. The summed E-state index contributed by atoms with van der Waals surface area (Å²) in [6.45, 7) is 5.64. The van der Waals surface area contributed by atoms with E-state index in [1.165, 1.54) is 12.8 Å². The van der Waals surface area contributed by atoms with E-state index in [4.69, 9.17) is 5.10 Å². The summed E-state index contributed by atoms with van der Waals surface area (Å²) in [6.07, 6.45) is 6.37. The monoisotopic (exact) mass is 446 g/mol. The fourth-order valence-electron chi connectivity index (χ4n) is 4.02. The highest BCUT2D eigenvalue weighted by molar-refractivity contribution is 7.13. The maximum atomic E-state index is 13.3. The molecule has 4 rings (SSSR count). The minimum atomic E-state index is -0.123. The van der Waals surface area contributed by atoms with Crippen LogP contribution < -0.4 is 5.32 Å². The van der Waals surface area contributed by atoms with Gasteiger partial charge in [-0.15, -0.1) is 11.3 Å². The van der Waals surface area contributed by atoms with Crippen LogP contribution >= 0.6 is 11.3 Å². The van der Waals surface area contributed by atoms with Crippen molar-refractivity contribution in [2.24, 2.45) is 5.92 Å². The average molecular weight is 447 g/mol. The third-order valence-corrected chi connectivity index (χ3v) is 6.81. The fraction of sp³-hybridized carbons (Fsp3) is 0.346. The standard InChI is InChI=1S/C26H30N4OS/c1-3-5-10-19(4-2)17-28-26(31)24-23-21(22-13-9-16-32-22)14-15-27-25(23)30(29-24)18-20-11-7-6-8-12-20/h6-9,11-16,19H,3-5,10,17-18H2,1-2H3,(H,28,31)/t19-/m1/s1. The summed E-state index contributed by atoms with van der Waals surface area (Å²) >= 11 is 1.66. The molecule has 1 amide bonds. The van der Waals surface area contributed by atoms with E-state index in [0.717, 1.165) is 39.9 Å². The lowest BCUT2D eigenvalue weighted by molar-refractivity contribution is 0.0941. The van der Waals surface area contributed by atoms with Crippen LogP contribution in [0.25, 0.3) is 21.5 Å². The number of carbonyl (C=O) groups excluding carboxylic acids is 1. The van der Waals surface area contributed by atoms with E-state index in [2.05, 4.69) is 47.7 Å². The second-order valence-corrected chi connectivity index (χ2v) is 9.10. The summed E-state index contributed by atoms with van der Waals surface area (Å²) in [5.41, 5.74) is 3.32. The van der Waals surface area contributed by atoms with Gasteiger partial charge in [-0.2, -0.15) is 5.10 Å².